The third-order valence-electron chi connectivity index (χ3n) is 13.5. The highest BCUT2D eigenvalue weighted by Crippen LogP contribution is 2.42. The molecule has 5 heterocycles. The maximum atomic E-state index is 6.71. The first-order valence-corrected chi connectivity index (χ1v) is 22.1. The van der Waals surface area contributed by atoms with E-state index in [9.17, 15) is 0 Å². The van der Waals surface area contributed by atoms with E-state index >= 15 is 0 Å². The fourth-order valence-corrected chi connectivity index (χ4v) is 9.37. The summed E-state index contributed by atoms with van der Waals surface area (Å²) in [5, 5.41) is 4.36. The van der Waals surface area contributed by atoms with Gasteiger partial charge in [0.05, 0.1) is 22.6 Å². The molecule has 11 aromatic rings. The molecule has 312 valence electrons. The second-order valence-corrected chi connectivity index (χ2v) is 17.9. The van der Waals surface area contributed by atoms with E-state index in [1.54, 1.807) is 0 Å². The number of furan rings is 2. The van der Waals surface area contributed by atoms with E-state index in [-0.39, 0.29) is 0 Å². The summed E-state index contributed by atoms with van der Waals surface area (Å²) in [5.74, 6) is 0. The minimum atomic E-state index is -0.568. The Morgan fingerprint density at radius 2 is 0.754 bits per heavy atom. The summed E-state index contributed by atoms with van der Waals surface area (Å²) in [4.78, 5) is 10.1. The molecule has 0 atom stereocenters. The summed E-state index contributed by atoms with van der Waals surface area (Å²) >= 11 is 0. The van der Waals surface area contributed by atoms with Gasteiger partial charge >= 0.3 is 7.12 Å². The van der Waals surface area contributed by atoms with Crippen LogP contribution in [-0.4, -0.2) is 28.3 Å². The molecule has 0 bridgehead atoms. The van der Waals surface area contributed by atoms with Crippen molar-refractivity contribution in [1.29, 1.82) is 0 Å². The highest BCUT2D eigenvalue weighted by atomic mass is 16.7. The maximum absolute atomic E-state index is 6.71. The van der Waals surface area contributed by atoms with Gasteiger partial charge < -0.3 is 18.1 Å². The molecule has 0 unspecified atom stereocenters. The average Bonchev–Trinajstić information content (AvgIpc) is 3.99. The van der Waals surface area contributed by atoms with Crippen LogP contribution in [0, 0.1) is 0 Å². The van der Waals surface area contributed by atoms with Gasteiger partial charge in [0.2, 0.25) is 0 Å². The Hall–Kier alpha value is -7.58. The monoisotopic (exact) mass is 842 g/mol. The van der Waals surface area contributed by atoms with Crippen LogP contribution in [0.1, 0.15) is 27.7 Å². The molecule has 0 saturated carbocycles. The van der Waals surface area contributed by atoms with E-state index in [1.165, 1.54) is 0 Å². The summed E-state index contributed by atoms with van der Waals surface area (Å²) in [5.41, 5.74) is 15.4. The van der Waals surface area contributed by atoms with Gasteiger partial charge in [0, 0.05) is 56.2 Å². The molecule has 0 spiro atoms. The van der Waals surface area contributed by atoms with E-state index in [1.807, 2.05) is 48.8 Å². The van der Waals surface area contributed by atoms with E-state index in [0.717, 1.165) is 116 Å². The normalized spacial score (nSPS) is 14.6. The number of nitrogens with zero attached hydrogens (tertiary/aromatic N) is 2. The molecule has 7 aromatic carbocycles. The van der Waals surface area contributed by atoms with E-state index < -0.39 is 18.3 Å². The third-order valence-corrected chi connectivity index (χ3v) is 13.5. The lowest BCUT2D eigenvalue weighted by atomic mass is 9.75. The quantitative estimate of drug-likeness (QED) is 0.149. The van der Waals surface area contributed by atoms with Crippen LogP contribution in [0.25, 0.3) is 111 Å². The highest BCUT2D eigenvalue weighted by Gasteiger charge is 2.52. The summed E-state index contributed by atoms with van der Waals surface area (Å²) in [6.45, 7) is 8.39. The Bertz CT molecular complexity index is 3390. The van der Waals surface area contributed by atoms with Gasteiger partial charge in [-0.25, -0.2) is 0 Å². The molecule has 6 nitrogen and oxygen atoms in total. The van der Waals surface area contributed by atoms with Crippen LogP contribution in [0.5, 0.6) is 0 Å². The first kappa shape index (κ1) is 39.0. The zero-order chi connectivity index (χ0) is 43.9. The smallest absolute Gasteiger partial charge is 0.455 e. The molecule has 0 amide bonds. The van der Waals surface area contributed by atoms with Crippen molar-refractivity contribution in [2.24, 2.45) is 0 Å². The molecule has 1 aliphatic heterocycles. The maximum Gasteiger partial charge on any atom is 0.494 e. The molecular formula is C58H43BN2O4. The lowest BCUT2D eigenvalue weighted by molar-refractivity contribution is 0.00578. The van der Waals surface area contributed by atoms with E-state index in [2.05, 4.69) is 167 Å². The zero-order valence-electron chi connectivity index (χ0n) is 36.5. The number of hydrogen-bond donors (Lipinski definition) is 0. The minimum absolute atomic E-state index is 0.510. The summed E-state index contributed by atoms with van der Waals surface area (Å²) < 4.78 is 26.2. The van der Waals surface area contributed by atoms with Gasteiger partial charge in [-0.2, -0.15) is 0 Å². The van der Waals surface area contributed by atoms with Crippen LogP contribution in [0.2, 0.25) is 0 Å². The van der Waals surface area contributed by atoms with Gasteiger partial charge in [-0.1, -0.05) is 133 Å². The molecule has 65 heavy (non-hydrogen) atoms. The zero-order valence-corrected chi connectivity index (χ0v) is 36.5. The fourth-order valence-electron chi connectivity index (χ4n) is 9.37. The van der Waals surface area contributed by atoms with Crippen molar-refractivity contribution in [3.05, 3.63) is 188 Å². The number of pyridine rings is 2. The number of benzene rings is 7. The van der Waals surface area contributed by atoms with Gasteiger partial charge in [-0.3, -0.25) is 9.97 Å². The highest BCUT2D eigenvalue weighted by molar-refractivity contribution is 6.62. The van der Waals surface area contributed by atoms with Crippen LogP contribution in [0.3, 0.4) is 0 Å². The lowest BCUT2D eigenvalue weighted by Crippen LogP contribution is -2.41. The summed E-state index contributed by atoms with van der Waals surface area (Å²) in [7, 11) is -0.568. The third kappa shape index (κ3) is 6.58. The van der Waals surface area contributed by atoms with Crippen molar-refractivity contribution in [3.63, 3.8) is 0 Å². The van der Waals surface area contributed by atoms with Gasteiger partial charge in [0.15, 0.2) is 0 Å². The topological polar surface area (TPSA) is 70.5 Å². The SMILES string of the molecule is CC1(C)OB(c2cc(-c3ccccc3-c3ccc(-c4cccc5c4oc4ccccc45)nc3)cc(-c3ccccc3-c3ccc(-c4cccc5c4oc4ccccc45)nc3)c2)OC1(C)C. The predicted molar refractivity (Wildman–Crippen MR) is 265 cm³/mol. The Balaban J connectivity index is 0.946. The van der Waals surface area contributed by atoms with Crippen molar-refractivity contribution in [2.45, 2.75) is 38.9 Å². The van der Waals surface area contributed by atoms with E-state index in [4.69, 9.17) is 28.1 Å². The van der Waals surface area contributed by atoms with Crippen molar-refractivity contribution in [3.8, 4) is 67.0 Å². The van der Waals surface area contributed by atoms with Crippen LogP contribution < -0.4 is 5.46 Å². The van der Waals surface area contributed by atoms with Crippen LogP contribution >= 0.6 is 0 Å². The number of aromatic nitrogens is 2. The standard InChI is InChI=1S/C58H43BN2O4/c1-57(2)58(3,4)65-59(64-57)40-32-38(43-17-7-5-15-41(43)36-27-29-51(60-34-36)49-23-13-21-47-45-19-9-11-25-53(45)62-55(47)49)31-39(33-40)44-18-8-6-16-42(44)37-28-30-52(61-35-37)50-24-14-22-48-46-20-10-12-26-54(46)63-56(48)50/h5-35H,1-4H3. The average molecular weight is 843 g/mol. The Labute approximate surface area is 377 Å². The van der Waals surface area contributed by atoms with E-state index in [0.29, 0.717) is 0 Å². The second-order valence-electron chi connectivity index (χ2n) is 17.9. The van der Waals surface area contributed by atoms with Crippen LogP contribution in [0.15, 0.2) is 197 Å². The fraction of sp³-hybridized carbons (Fsp3) is 0.103. The molecular weight excluding hydrogens is 799 g/mol. The number of hydrogen-bond acceptors (Lipinski definition) is 6. The molecule has 7 heteroatoms. The summed E-state index contributed by atoms with van der Waals surface area (Å²) in [6.07, 6.45) is 3.94. The van der Waals surface area contributed by atoms with Gasteiger partial charge in [0.25, 0.3) is 0 Å². The van der Waals surface area contributed by atoms with Crippen LogP contribution in [0.4, 0.5) is 0 Å². The van der Waals surface area contributed by atoms with Crippen molar-refractivity contribution in [2.75, 3.05) is 0 Å². The lowest BCUT2D eigenvalue weighted by Gasteiger charge is -2.32. The number of rotatable bonds is 7. The molecule has 1 aliphatic rings. The minimum Gasteiger partial charge on any atom is -0.455 e. The molecule has 0 N–H and O–H groups in total. The number of fused-ring (bicyclic) bond motifs is 6. The largest absolute Gasteiger partial charge is 0.494 e. The van der Waals surface area contributed by atoms with Gasteiger partial charge in [-0.15, -0.1) is 0 Å². The van der Waals surface area contributed by atoms with Crippen molar-refractivity contribution in [1.82, 2.24) is 9.97 Å². The predicted octanol–water partition coefficient (Wildman–Crippen LogP) is 14.6. The van der Waals surface area contributed by atoms with Crippen LogP contribution in [-0.2, 0) is 9.31 Å². The second kappa shape index (κ2) is 15.0. The number of para-hydroxylation sites is 4. The molecule has 0 radical (unpaired) electrons. The Morgan fingerprint density at radius 1 is 0.369 bits per heavy atom. The Morgan fingerprint density at radius 3 is 1.18 bits per heavy atom. The molecule has 1 saturated heterocycles. The molecule has 1 fully saturated rings. The summed E-state index contributed by atoms with van der Waals surface area (Å²) in [6, 6.07) is 61.1. The van der Waals surface area contributed by atoms with Crippen molar-refractivity contribution < 1.29 is 18.1 Å². The van der Waals surface area contributed by atoms with Gasteiger partial charge in [-0.05, 0) is 109 Å². The molecule has 12 rings (SSSR count). The Kier molecular flexibility index (Phi) is 9.02. The first-order chi connectivity index (χ1) is 31.7. The molecule has 0 aliphatic carbocycles. The molecule has 4 aromatic heterocycles. The first-order valence-electron chi connectivity index (χ1n) is 22.1. The van der Waals surface area contributed by atoms with Crippen molar-refractivity contribution >= 4 is 56.5 Å². The van der Waals surface area contributed by atoms with Gasteiger partial charge in [0.1, 0.15) is 22.3 Å².